The molecule has 0 aliphatic carbocycles. The molecule has 7 heteroatoms. The molecule has 2 aromatic carbocycles. The molecule has 3 rings (SSSR count). The molecule has 26 heavy (non-hydrogen) atoms. The number of carbonyl (C=O) groups is 1. The van der Waals surface area contributed by atoms with Crippen molar-refractivity contribution in [2.45, 2.75) is 25.1 Å². The van der Waals surface area contributed by atoms with Crippen molar-refractivity contribution in [3.63, 3.8) is 0 Å². The molecule has 6 nitrogen and oxygen atoms in total. The van der Waals surface area contributed by atoms with Crippen molar-refractivity contribution in [3.05, 3.63) is 65.2 Å². The molecule has 2 aromatic rings. The van der Waals surface area contributed by atoms with Crippen molar-refractivity contribution >= 4 is 22.1 Å². The van der Waals surface area contributed by atoms with Crippen LogP contribution in [0, 0.1) is 0 Å². The van der Waals surface area contributed by atoms with Gasteiger partial charge in [0.2, 0.25) is 0 Å². The second kappa shape index (κ2) is 6.92. The van der Waals surface area contributed by atoms with Gasteiger partial charge in [-0.1, -0.05) is 30.3 Å². The first-order valence-corrected chi connectivity index (χ1v) is 9.77. The Balaban J connectivity index is 1.70. The number of fused-ring (bicyclic) bond motifs is 1. The molecule has 1 N–H and O–H groups in total. The molecule has 0 fully saturated rings. The van der Waals surface area contributed by atoms with E-state index in [-0.39, 0.29) is 18.3 Å². The van der Waals surface area contributed by atoms with Crippen LogP contribution in [0.15, 0.2) is 52.9 Å². The van der Waals surface area contributed by atoms with Gasteiger partial charge < -0.3 is 10.1 Å². The molecule has 0 aromatic heterocycles. The van der Waals surface area contributed by atoms with Crippen LogP contribution < -0.4 is 10.1 Å². The lowest BCUT2D eigenvalue weighted by molar-refractivity contribution is 0.0880. The first-order valence-electron chi connectivity index (χ1n) is 8.16. The Labute approximate surface area is 153 Å². The standard InChI is InChI=1S/C19H20N2O4S/c1-19(2,21-18(22)14-7-4-3-5-8-14)13-25-17-10-6-9-15-12-26(23,24)20-11-16(15)17/h3-11H,12-13H2,1-2H3,(H,21,22). The zero-order valence-corrected chi connectivity index (χ0v) is 15.4. The first kappa shape index (κ1) is 18.1. The van der Waals surface area contributed by atoms with Crippen LogP contribution in [0.3, 0.4) is 0 Å². The summed E-state index contributed by atoms with van der Waals surface area (Å²) in [6.45, 7) is 3.95. The number of rotatable bonds is 5. The Hall–Kier alpha value is -2.67. The largest absolute Gasteiger partial charge is 0.490 e. The molecular weight excluding hydrogens is 352 g/mol. The van der Waals surface area contributed by atoms with Gasteiger partial charge in [-0.3, -0.25) is 4.79 Å². The number of sulfonamides is 1. The molecule has 1 amide bonds. The van der Waals surface area contributed by atoms with Crippen LogP contribution >= 0.6 is 0 Å². The predicted molar refractivity (Wildman–Crippen MR) is 100 cm³/mol. The van der Waals surface area contributed by atoms with Crippen LogP contribution in [0.25, 0.3) is 0 Å². The van der Waals surface area contributed by atoms with E-state index in [9.17, 15) is 13.2 Å². The third-order valence-electron chi connectivity index (χ3n) is 3.91. The van der Waals surface area contributed by atoms with E-state index in [4.69, 9.17) is 4.74 Å². The van der Waals surface area contributed by atoms with Crippen molar-refractivity contribution in [1.82, 2.24) is 5.32 Å². The van der Waals surface area contributed by atoms with Gasteiger partial charge in [-0.15, -0.1) is 0 Å². The molecule has 1 aliphatic heterocycles. The van der Waals surface area contributed by atoms with Gasteiger partial charge in [0.1, 0.15) is 12.4 Å². The summed E-state index contributed by atoms with van der Waals surface area (Å²) in [5, 5.41) is 2.94. The molecule has 0 unspecified atom stereocenters. The van der Waals surface area contributed by atoms with Crippen LogP contribution in [0.4, 0.5) is 0 Å². The quantitative estimate of drug-likeness (QED) is 0.874. The fourth-order valence-corrected chi connectivity index (χ4v) is 3.60. The van der Waals surface area contributed by atoms with Gasteiger partial charge in [0.15, 0.2) is 0 Å². The lowest BCUT2D eigenvalue weighted by Crippen LogP contribution is -2.47. The molecule has 0 saturated carbocycles. The van der Waals surface area contributed by atoms with Crippen LogP contribution in [-0.2, 0) is 15.8 Å². The zero-order valence-electron chi connectivity index (χ0n) is 14.6. The fourth-order valence-electron chi connectivity index (χ4n) is 2.62. The maximum atomic E-state index is 12.3. The van der Waals surface area contributed by atoms with E-state index in [1.165, 1.54) is 6.21 Å². The van der Waals surface area contributed by atoms with E-state index in [1.807, 2.05) is 32.0 Å². The number of benzene rings is 2. The van der Waals surface area contributed by atoms with Crippen LogP contribution in [0.5, 0.6) is 5.75 Å². The summed E-state index contributed by atoms with van der Waals surface area (Å²) in [4.78, 5) is 12.3. The summed E-state index contributed by atoms with van der Waals surface area (Å²) in [7, 11) is -3.45. The number of nitrogens with one attached hydrogen (secondary N) is 1. The van der Waals surface area contributed by atoms with Gasteiger partial charge >= 0.3 is 0 Å². The summed E-state index contributed by atoms with van der Waals surface area (Å²) < 4.78 is 32.7. The van der Waals surface area contributed by atoms with E-state index in [0.717, 1.165) is 0 Å². The fraction of sp³-hybridized carbons (Fsp3) is 0.263. The van der Waals surface area contributed by atoms with Crippen LogP contribution in [0.2, 0.25) is 0 Å². The minimum Gasteiger partial charge on any atom is -0.490 e. The molecule has 0 saturated heterocycles. The third-order valence-corrected chi connectivity index (χ3v) is 5.02. The predicted octanol–water partition coefficient (Wildman–Crippen LogP) is 2.54. The highest BCUT2D eigenvalue weighted by molar-refractivity contribution is 7.89. The van der Waals surface area contributed by atoms with Crippen LogP contribution in [-0.4, -0.2) is 32.7 Å². The average Bonchev–Trinajstić information content (AvgIpc) is 2.59. The molecular formula is C19H20N2O4S. The van der Waals surface area contributed by atoms with Crippen molar-refractivity contribution < 1.29 is 17.9 Å². The van der Waals surface area contributed by atoms with Gasteiger partial charge in [-0.05, 0) is 37.6 Å². The summed E-state index contributed by atoms with van der Waals surface area (Å²) in [6, 6.07) is 14.2. The van der Waals surface area contributed by atoms with Gasteiger partial charge in [0.05, 0.1) is 17.5 Å². The molecule has 0 atom stereocenters. The SMILES string of the molecule is CC(C)(COc1cccc2c1C=NS(=O)(=O)C2)NC(=O)c1ccccc1. The summed E-state index contributed by atoms with van der Waals surface area (Å²) >= 11 is 0. The Bertz CT molecular complexity index is 951. The lowest BCUT2D eigenvalue weighted by atomic mass is 10.1. The number of nitrogens with zero attached hydrogens (tertiary/aromatic N) is 1. The Morgan fingerprint density at radius 2 is 1.88 bits per heavy atom. The molecule has 136 valence electrons. The van der Waals surface area contributed by atoms with E-state index in [0.29, 0.717) is 22.4 Å². The second-order valence-electron chi connectivity index (χ2n) is 6.78. The summed E-state index contributed by atoms with van der Waals surface area (Å²) in [5.74, 6) is 0.231. The van der Waals surface area contributed by atoms with Gasteiger partial charge in [-0.2, -0.15) is 4.40 Å². The second-order valence-corrected chi connectivity index (χ2v) is 8.45. The monoisotopic (exact) mass is 372 g/mol. The highest BCUT2D eigenvalue weighted by Crippen LogP contribution is 2.26. The number of amides is 1. The first-order chi connectivity index (χ1) is 12.3. The normalized spacial score (nSPS) is 15.2. The van der Waals surface area contributed by atoms with Crippen molar-refractivity contribution in [1.29, 1.82) is 0 Å². The number of hydrogen-bond acceptors (Lipinski definition) is 4. The Morgan fingerprint density at radius 1 is 1.15 bits per heavy atom. The van der Waals surface area contributed by atoms with Gasteiger partial charge in [-0.25, -0.2) is 8.42 Å². The smallest absolute Gasteiger partial charge is 0.257 e. The maximum Gasteiger partial charge on any atom is 0.257 e. The Kier molecular flexibility index (Phi) is 4.82. The Morgan fingerprint density at radius 3 is 2.62 bits per heavy atom. The van der Waals surface area contributed by atoms with E-state index in [1.54, 1.807) is 30.3 Å². The van der Waals surface area contributed by atoms with Gasteiger partial charge in [0.25, 0.3) is 15.9 Å². The minimum atomic E-state index is -3.45. The highest BCUT2D eigenvalue weighted by atomic mass is 32.2. The van der Waals surface area contributed by atoms with E-state index >= 15 is 0 Å². The molecule has 1 aliphatic rings. The van der Waals surface area contributed by atoms with Gasteiger partial charge in [0, 0.05) is 11.1 Å². The molecule has 0 spiro atoms. The number of ether oxygens (including phenoxy) is 1. The summed E-state index contributed by atoms with van der Waals surface area (Å²) in [6.07, 6.45) is 1.32. The molecule has 0 bridgehead atoms. The maximum absolute atomic E-state index is 12.3. The highest BCUT2D eigenvalue weighted by Gasteiger charge is 2.24. The van der Waals surface area contributed by atoms with E-state index < -0.39 is 15.6 Å². The molecule has 0 radical (unpaired) electrons. The zero-order chi connectivity index (χ0) is 18.8. The van der Waals surface area contributed by atoms with Crippen molar-refractivity contribution in [3.8, 4) is 5.75 Å². The third kappa shape index (κ3) is 4.29. The van der Waals surface area contributed by atoms with Crippen molar-refractivity contribution in [2.24, 2.45) is 4.40 Å². The average molecular weight is 372 g/mol. The summed E-state index contributed by atoms with van der Waals surface area (Å²) in [5.41, 5.74) is 1.28. The van der Waals surface area contributed by atoms with Crippen LogP contribution in [0.1, 0.15) is 35.3 Å². The number of hydrogen-bond donors (Lipinski definition) is 1. The lowest BCUT2D eigenvalue weighted by Gasteiger charge is -2.27. The topological polar surface area (TPSA) is 84.8 Å². The molecule has 1 heterocycles. The number of carbonyl (C=O) groups excluding carboxylic acids is 1. The minimum absolute atomic E-state index is 0.135. The van der Waals surface area contributed by atoms with E-state index in [2.05, 4.69) is 9.71 Å². The van der Waals surface area contributed by atoms with Crippen molar-refractivity contribution in [2.75, 3.05) is 6.61 Å².